The van der Waals surface area contributed by atoms with E-state index < -0.39 is 0 Å². The summed E-state index contributed by atoms with van der Waals surface area (Å²) in [5.74, 6) is 1.07. The summed E-state index contributed by atoms with van der Waals surface area (Å²) < 4.78 is 11.8. The Labute approximate surface area is 135 Å². The minimum Gasteiger partial charge on any atom is -0.493 e. The fourth-order valence-electron chi connectivity index (χ4n) is 2.04. The minimum absolute atomic E-state index is 0.115. The van der Waals surface area contributed by atoms with Gasteiger partial charge in [0, 0.05) is 18.3 Å². The van der Waals surface area contributed by atoms with Gasteiger partial charge < -0.3 is 9.47 Å². The van der Waals surface area contributed by atoms with Crippen LogP contribution in [0.15, 0.2) is 30.3 Å². The first kappa shape index (κ1) is 18.7. The van der Waals surface area contributed by atoms with E-state index in [4.69, 9.17) is 9.47 Å². The lowest BCUT2D eigenvalue weighted by atomic mass is 9.87. The zero-order valence-electron chi connectivity index (χ0n) is 14.8. The van der Waals surface area contributed by atoms with Crippen molar-refractivity contribution in [3.63, 3.8) is 0 Å². The Morgan fingerprint density at radius 2 is 1.64 bits per heavy atom. The molecular weight excluding hydrogens is 276 g/mol. The van der Waals surface area contributed by atoms with Crippen molar-refractivity contribution in [3.8, 4) is 5.75 Å². The molecule has 0 bridgehead atoms. The molecular formula is C19H30O3. The molecule has 0 fully saturated rings. The van der Waals surface area contributed by atoms with Crippen LogP contribution in [0.3, 0.4) is 0 Å². The van der Waals surface area contributed by atoms with Crippen LogP contribution >= 0.6 is 0 Å². The number of hydrogen-bond acceptors (Lipinski definition) is 3. The van der Waals surface area contributed by atoms with E-state index in [1.807, 2.05) is 71.9 Å². The quantitative estimate of drug-likeness (QED) is 0.736. The second kappa shape index (κ2) is 7.77. The van der Waals surface area contributed by atoms with Crippen molar-refractivity contribution >= 4 is 5.78 Å². The second-order valence-corrected chi connectivity index (χ2v) is 7.68. The van der Waals surface area contributed by atoms with Crippen LogP contribution in [-0.4, -0.2) is 24.1 Å². The number of carbonyl (C=O) groups is 1. The summed E-state index contributed by atoms with van der Waals surface area (Å²) in [6.45, 7) is 12.4. The maximum Gasteiger partial charge on any atom is 0.140 e. The van der Waals surface area contributed by atoms with E-state index in [0.717, 1.165) is 5.75 Å². The molecule has 0 saturated heterocycles. The fraction of sp³-hybridized carbons (Fsp3) is 0.632. The van der Waals surface area contributed by atoms with Gasteiger partial charge in [0.15, 0.2) is 0 Å². The first-order valence-electron chi connectivity index (χ1n) is 7.97. The van der Waals surface area contributed by atoms with Crippen LogP contribution in [0.1, 0.15) is 54.4 Å². The molecule has 0 aliphatic carbocycles. The second-order valence-electron chi connectivity index (χ2n) is 7.68. The van der Waals surface area contributed by atoms with Crippen LogP contribution in [0, 0.1) is 5.41 Å². The van der Waals surface area contributed by atoms with Gasteiger partial charge in [-0.3, -0.25) is 4.79 Å². The van der Waals surface area contributed by atoms with Crippen molar-refractivity contribution in [2.45, 2.75) is 66.1 Å². The lowest BCUT2D eigenvalue weighted by Crippen LogP contribution is -2.33. The number of carbonyl (C=O) groups excluding carboxylic acids is 1. The Hall–Kier alpha value is -1.35. The molecule has 22 heavy (non-hydrogen) atoms. The van der Waals surface area contributed by atoms with Gasteiger partial charge in [-0.15, -0.1) is 0 Å². The SMILES string of the molecule is CC(C)(C)OC(CCOc1ccccc1)CC(=O)C(C)(C)C. The highest BCUT2D eigenvalue weighted by Crippen LogP contribution is 2.23. The Kier molecular flexibility index (Phi) is 6.61. The van der Waals surface area contributed by atoms with Gasteiger partial charge in [0.05, 0.1) is 18.3 Å². The average Bonchev–Trinajstić information content (AvgIpc) is 2.36. The van der Waals surface area contributed by atoms with Crippen LogP contribution in [-0.2, 0) is 9.53 Å². The lowest BCUT2D eigenvalue weighted by Gasteiger charge is -2.29. The molecule has 124 valence electrons. The molecule has 0 N–H and O–H groups in total. The number of ketones is 1. The fourth-order valence-corrected chi connectivity index (χ4v) is 2.04. The zero-order chi connectivity index (χ0) is 16.8. The van der Waals surface area contributed by atoms with Gasteiger partial charge in [-0.25, -0.2) is 0 Å². The number of para-hydroxylation sites is 1. The molecule has 1 unspecified atom stereocenters. The molecule has 1 atom stereocenters. The smallest absolute Gasteiger partial charge is 0.140 e. The number of ether oxygens (including phenoxy) is 2. The van der Waals surface area contributed by atoms with Gasteiger partial charge in [-0.2, -0.15) is 0 Å². The van der Waals surface area contributed by atoms with Crippen LogP contribution in [0.5, 0.6) is 5.75 Å². The topological polar surface area (TPSA) is 35.5 Å². The largest absolute Gasteiger partial charge is 0.493 e. The Morgan fingerprint density at radius 3 is 2.14 bits per heavy atom. The van der Waals surface area contributed by atoms with E-state index in [9.17, 15) is 4.79 Å². The lowest BCUT2D eigenvalue weighted by molar-refractivity contribution is -0.133. The third kappa shape index (κ3) is 7.60. The number of benzene rings is 1. The van der Waals surface area contributed by atoms with E-state index in [-0.39, 0.29) is 22.9 Å². The van der Waals surface area contributed by atoms with Crippen molar-refractivity contribution in [1.29, 1.82) is 0 Å². The van der Waals surface area contributed by atoms with E-state index in [2.05, 4.69) is 0 Å². The normalized spacial score (nSPS) is 13.7. The zero-order valence-corrected chi connectivity index (χ0v) is 14.8. The van der Waals surface area contributed by atoms with E-state index in [0.29, 0.717) is 19.4 Å². The molecule has 1 aromatic carbocycles. The summed E-state index contributed by atoms with van der Waals surface area (Å²) in [5, 5.41) is 0. The first-order chi connectivity index (χ1) is 10.1. The monoisotopic (exact) mass is 306 g/mol. The van der Waals surface area contributed by atoms with Crippen LogP contribution in [0.4, 0.5) is 0 Å². The molecule has 3 heteroatoms. The molecule has 1 rings (SSSR count). The van der Waals surface area contributed by atoms with E-state index >= 15 is 0 Å². The van der Waals surface area contributed by atoms with Crippen LogP contribution in [0.2, 0.25) is 0 Å². The number of Topliss-reactive ketones (excluding diaryl/α,β-unsaturated/α-hetero) is 1. The molecule has 3 nitrogen and oxygen atoms in total. The standard InChI is InChI=1S/C19H30O3/c1-18(2,3)17(20)14-16(22-19(4,5)6)12-13-21-15-10-8-7-9-11-15/h7-11,16H,12-14H2,1-6H3. The van der Waals surface area contributed by atoms with Gasteiger partial charge in [0.1, 0.15) is 11.5 Å². The van der Waals surface area contributed by atoms with E-state index in [1.54, 1.807) is 0 Å². The third-order valence-electron chi connectivity index (χ3n) is 3.22. The minimum atomic E-state index is -0.334. The molecule has 0 spiro atoms. The van der Waals surface area contributed by atoms with Gasteiger partial charge in [0.25, 0.3) is 0 Å². The predicted molar refractivity (Wildman–Crippen MR) is 90.3 cm³/mol. The molecule has 0 heterocycles. The highest BCUT2D eigenvalue weighted by molar-refractivity contribution is 5.84. The first-order valence-corrected chi connectivity index (χ1v) is 7.97. The summed E-state index contributed by atoms with van der Waals surface area (Å²) in [6.07, 6.45) is 1.02. The Balaban J connectivity index is 2.56. The third-order valence-corrected chi connectivity index (χ3v) is 3.22. The Bertz CT molecular complexity index is 452. The highest BCUT2D eigenvalue weighted by Gasteiger charge is 2.27. The molecule has 0 saturated carbocycles. The summed E-state index contributed by atoms with van der Waals surface area (Å²) in [4.78, 5) is 12.3. The van der Waals surface area contributed by atoms with Gasteiger partial charge in [-0.05, 0) is 32.9 Å². The van der Waals surface area contributed by atoms with Crippen molar-refractivity contribution in [3.05, 3.63) is 30.3 Å². The molecule has 0 aromatic heterocycles. The maximum absolute atomic E-state index is 12.3. The molecule has 0 aliphatic rings. The summed E-state index contributed by atoms with van der Waals surface area (Å²) in [7, 11) is 0. The average molecular weight is 306 g/mol. The van der Waals surface area contributed by atoms with E-state index in [1.165, 1.54) is 0 Å². The summed E-state index contributed by atoms with van der Waals surface area (Å²) in [6, 6.07) is 9.71. The molecule has 1 aromatic rings. The maximum atomic E-state index is 12.3. The number of hydrogen-bond donors (Lipinski definition) is 0. The van der Waals surface area contributed by atoms with Crippen molar-refractivity contribution in [2.75, 3.05) is 6.61 Å². The van der Waals surface area contributed by atoms with Crippen molar-refractivity contribution in [1.82, 2.24) is 0 Å². The Morgan fingerprint density at radius 1 is 1.05 bits per heavy atom. The number of rotatable bonds is 7. The van der Waals surface area contributed by atoms with Crippen LogP contribution < -0.4 is 4.74 Å². The van der Waals surface area contributed by atoms with Gasteiger partial charge in [-0.1, -0.05) is 39.0 Å². The van der Waals surface area contributed by atoms with Crippen LogP contribution in [0.25, 0.3) is 0 Å². The summed E-state index contributed by atoms with van der Waals surface area (Å²) in [5.41, 5.74) is -0.602. The summed E-state index contributed by atoms with van der Waals surface area (Å²) >= 11 is 0. The molecule has 0 amide bonds. The highest BCUT2D eigenvalue weighted by atomic mass is 16.5. The van der Waals surface area contributed by atoms with Crippen molar-refractivity contribution < 1.29 is 14.3 Å². The van der Waals surface area contributed by atoms with Gasteiger partial charge in [0.2, 0.25) is 0 Å². The van der Waals surface area contributed by atoms with Gasteiger partial charge >= 0.3 is 0 Å². The van der Waals surface area contributed by atoms with Crippen molar-refractivity contribution in [2.24, 2.45) is 5.41 Å². The predicted octanol–water partition coefficient (Wildman–Crippen LogP) is 4.64. The molecule has 0 radical (unpaired) electrons. The molecule has 0 aliphatic heterocycles.